The molecule has 14 heteroatoms. The van der Waals surface area contributed by atoms with E-state index in [1.165, 1.54) is 37.3 Å². The van der Waals surface area contributed by atoms with E-state index < -0.39 is 40.9 Å². The fourth-order valence-electron chi connectivity index (χ4n) is 2.93. The number of anilines is 1. The average Bonchev–Trinajstić information content (AvgIpc) is 2.78. The molecule has 0 saturated heterocycles. The van der Waals surface area contributed by atoms with Crippen LogP contribution in [0.25, 0.3) is 0 Å². The number of nitrogens with two attached hydrogens (primary N) is 3. The van der Waals surface area contributed by atoms with Gasteiger partial charge in [-0.1, -0.05) is 23.7 Å². The highest BCUT2D eigenvalue weighted by Gasteiger charge is 2.24. The van der Waals surface area contributed by atoms with Crippen molar-refractivity contribution in [2.75, 3.05) is 23.2 Å². The van der Waals surface area contributed by atoms with Gasteiger partial charge in [0.05, 0.1) is 11.4 Å². The van der Waals surface area contributed by atoms with Gasteiger partial charge in [-0.25, -0.2) is 8.42 Å². The zero-order chi connectivity index (χ0) is 26.3. The van der Waals surface area contributed by atoms with Crippen LogP contribution in [0.5, 0.6) is 5.75 Å². The first-order valence-electron chi connectivity index (χ1n) is 10.1. The van der Waals surface area contributed by atoms with E-state index in [9.17, 15) is 22.8 Å². The quantitative estimate of drug-likeness (QED) is 0.190. The summed E-state index contributed by atoms with van der Waals surface area (Å²) in [6, 6.07) is 8.41. The Bertz CT molecular complexity index is 1270. The molecule has 188 valence electrons. The summed E-state index contributed by atoms with van der Waals surface area (Å²) in [5, 5.41) is 10.2. The minimum Gasteiger partial charge on any atom is -0.483 e. The maximum absolute atomic E-state index is 12.8. The molecule has 0 fully saturated rings. The second kappa shape index (κ2) is 11.5. The number of nitrogens with one attached hydrogen (secondary N) is 2. The summed E-state index contributed by atoms with van der Waals surface area (Å²) < 4.78 is 31.1. The molecule has 0 aliphatic heterocycles. The molecule has 0 atom stereocenters. The van der Waals surface area contributed by atoms with Gasteiger partial charge in [0.15, 0.2) is 6.61 Å². The number of carbonyl (C=O) groups is 3. The number of halogens is 1. The Balaban J connectivity index is 2.32. The van der Waals surface area contributed by atoms with Crippen LogP contribution in [0.2, 0.25) is 5.02 Å². The standard InChI is InChI=1S/C21H25ClN6O6S/c1-2-35(32,33)28(10-18(23)29)16-6-14(5-15(22)8-16)21(31)27-9-13-4-3-12(20(25)26)7-17(13)34-11-19(24)30/h3-8H,2,9-11H2,1H3,(H2,23,29)(H2,24,30)(H3,25,26)(H,27,31). The zero-order valence-electron chi connectivity index (χ0n) is 18.7. The van der Waals surface area contributed by atoms with E-state index in [1.807, 2.05) is 0 Å². The van der Waals surface area contributed by atoms with Gasteiger partial charge in [0.1, 0.15) is 18.1 Å². The Hall–Kier alpha value is -3.84. The molecule has 2 aromatic rings. The summed E-state index contributed by atoms with van der Waals surface area (Å²) in [5.41, 5.74) is 16.6. The van der Waals surface area contributed by atoms with Gasteiger partial charge in [-0.3, -0.25) is 24.1 Å². The molecular weight excluding hydrogens is 500 g/mol. The van der Waals surface area contributed by atoms with Crippen LogP contribution in [-0.4, -0.2) is 50.9 Å². The van der Waals surface area contributed by atoms with Crippen LogP contribution in [0, 0.1) is 5.41 Å². The second-order valence-corrected chi connectivity index (χ2v) is 9.86. The van der Waals surface area contributed by atoms with E-state index in [2.05, 4.69) is 5.32 Å². The molecule has 8 N–H and O–H groups in total. The number of amides is 3. The smallest absolute Gasteiger partial charge is 0.255 e. The third-order valence-electron chi connectivity index (χ3n) is 4.62. The first-order chi connectivity index (χ1) is 16.3. The van der Waals surface area contributed by atoms with Crippen molar-refractivity contribution in [3.8, 4) is 5.75 Å². The van der Waals surface area contributed by atoms with Crippen molar-refractivity contribution >= 4 is 50.9 Å². The number of primary amides is 2. The van der Waals surface area contributed by atoms with Crippen molar-refractivity contribution in [3.05, 3.63) is 58.1 Å². The maximum Gasteiger partial charge on any atom is 0.255 e. The molecule has 0 aromatic heterocycles. The monoisotopic (exact) mass is 524 g/mol. The number of amidine groups is 1. The van der Waals surface area contributed by atoms with Gasteiger partial charge in [0, 0.05) is 28.3 Å². The molecule has 0 radical (unpaired) electrons. The highest BCUT2D eigenvalue weighted by molar-refractivity contribution is 7.92. The highest BCUT2D eigenvalue weighted by Crippen LogP contribution is 2.26. The highest BCUT2D eigenvalue weighted by atomic mass is 35.5. The zero-order valence-corrected chi connectivity index (χ0v) is 20.3. The van der Waals surface area contributed by atoms with Crippen molar-refractivity contribution < 1.29 is 27.5 Å². The van der Waals surface area contributed by atoms with Gasteiger partial charge < -0.3 is 27.3 Å². The Kier molecular flexibility index (Phi) is 9.03. The van der Waals surface area contributed by atoms with Crippen molar-refractivity contribution in [1.29, 1.82) is 5.41 Å². The van der Waals surface area contributed by atoms with Crippen LogP contribution in [-0.2, 0) is 26.2 Å². The molecule has 0 bridgehead atoms. The molecule has 2 aromatic carbocycles. The Labute approximate surface area is 206 Å². The lowest BCUT2D eigenvalue weighted by atomic mass is 10.1. The topological polar surface area (TPSA) is 212 Å². The number of benzene rings is 2. The predicted octanol–water partition coefficient (Wildman–Crippen LogP) is 0.0596. The summed E-state index contributed by atoms with van der Waals surface area (Å²) in [7, 11) is -3.89. The normalized spacial score (nSPS) is 10.9. The lowest BCUT2D eigenvalue weighted by Gasteiger charge is -2.23. The van der Waals surface area contributed by atoms with Gasteiger partial charge >= 0.3 is 0 Å². The Morgan fingerprint density at radius 1 is 1.06 bits per heavy atom. The number of sulfonamides is 1. The van der Waals surface area contributed by atoms with Gasteiger partial charge in [-0.05, 0) is 31.2 Å². The first-order valence-corrected chi connectivity index (χ1v) is 12.1. The molecule has 12 nitrogen and oxygen atoms in total. The molecule has 2 rings (SSSR count). The minimum absolute atomic E-state index is 0.000378. The summed E-state index contributed by atoms with van der Waals surface area (Å²) >= 11 is 6.11. The third-order valence-corrected chi connectivity index (χ3v) is 6.58. The van der Waals surface area contributed by atoms with E-state index in [1.54, 1.807) is 6.07 Å². The van der Waals surface area contributed by atoms with Gasteiger partial charge in [0.2, 0.25) is 15.9 Å². The van der Waals surface area contributed by atoms with E-state index in [0.717, 1.165) is 4.31 Å². The van der Waals surface area contributed by atoms with Crippen molar-refractivity contribution in [1.82, 2.24) is 5.32 Å². The lowest BCUT2D eigenvalue weighted by Crippen LogP contribution is -2.39. The Morgan fingerprint density at radius 2 is 1.74 bits per heavy atom. The molecule has 0 aliphatic carbocycles. The molecular formula is C21H25ClN6O6S. The van der Waals surface area contributed by atoms with Crippen LogP contribution in [0.3, 0.4) is 0 Å². The largest absolute Gasteiger partial charge is 0.483 e. The number of rotatable bonds is 12. The van der Waals surface area contributed by atoms with Gasteiger partial charge in [0.25, 0.3) is 11.8 Å². The van der Waals surface area contributed by atoms with Crippen LogP contribution >= 0.6 is 11.6 Å². The summed E-state index contributed by atoms with van der Waals surface area (Å²) in [6.07, 6.45) is 0. The maximum atomic E-state index is 12.8. The van der Waals surface area contributed by atoms with Crippen LogP contribution in [0.15, 0.2) is 36.4 Å². The molecule has 0 saturated carbocycles. The second-order valence-electron chi connectivity index (χ2n) is 7.25. The molecule has 0 unspecified atom stereocenters. The fourth-order valence-corrected chi connectivity index (χ4v) is 4.22. The number of nitrogens with zero attached hydrogens (tertiary/aromatic N) is 1. The van der Waals surface area contributed by atoms with E-state index in [4.69, 9.17) is 38.9 Å². The number of nitrogen functional groups attached to an aromatic ring is 1. The van der Waals surface area contributed by atoms with E-state index in [0.29, 0.717) is 11.1 Å². The number of ether oxygens (including phenoxy) is 1. The van der Waals surface area contributed by atoms with E-state index >= 15 is 0 Å². The predicted molar refractivity (Wildman–Crippen MR) is 131 cm³/mol. The summed E-state index contributed by atoms with van der Waals surface area (Å²) in [6.45, 7) is 0.282. The third kappa shape index (κ3) is 7.58. The van der Waals surface area contributed by atoms with Crippen LogP contribution < -0.4 is 31.6 Å². The number of hydrogen-bond donors (Lipinski definition) is 5. The van der Waals surface area contributed by atoms with Crippen molar-refractivity contribution in [2.45, 2.75) is 13.5 Å². The molecule has 0 spiro atoms. The van der Waals surface area contributed by atoms with Crippen molar-refractivity contribution in [2.24, 2.45) is 17.2 Å². The molecule has 3 amide bonds. The summed E-state index contributed by atoms with van der Waals surface area (Å²) in [5.74, 6) is -2.56. The molecule has 35 heavy (non-hydrogen) atoms. The summed E-state index contributed by atoms with van der Waals surface area (Å²) in [4.78, 5) is 35.4. The number of carbonyl (C=O) groups excluding carboxylic acids is 3. The minimum atomic E-state index is -3.89. The Morgan fingerprint density at radius 3 is 2.31 bits per heavy atom. The van der Waals surface area contributed by atoms with Gasteiger partial charge in [-0.2, -0.15) is 0 Å². The molecule has 0 aliphatic rings. The van der Waals surface area contributed by atoms with Crippen LogP contribution in [0.4, 0.5) is 5.69 Å². The lowest BCUT2D eigenvalue weighted by molar-refractivity contribution is -0.120. The van der Waals surface area contributed by atoms with Gasteiger partial charge in [-0.15, -0.1) is 0 Å². The van der Waals surface area contributed by atoms with Crippen molar-refractivity contribution in [3.63, 3.8) is 0 Å². The fraction of sp³-hybridized carbons (Fsp3) is 0.238. The van der Waals surface area contributed by atoms with E-state index in [-0.39, 0.29) is 40.2 Å². The molecule has 0 heterocycles. The average molecular weight is 525 g/mol. The van der Waals surface area contributed by atoms with Crippen LogP contribution in [0.1, 0.15) is 28.4 Å². The first kappa shape index (κ1) is 27.4. The number of hydrogen-bond acceptors (Lipinski definition) is 7. The SMILES string of the molecule is CCS(=O)(=O)N(CC(N)=O)c1cc(Cl)cc(C(=O)NCc2ccc(C(=N)N)cc2OCC(N)=O)c1.